The maximum absolute atomic E-state index is 13.3. The summed E-state index contributed by atoms with van der Waals surface area (Å²) in [5.41, 5.74) is 1.93. The molecule has 0 aliphatic heterocycles. The van der Waals surface area contributed by atoms with Crippen LogP contribution in [0.2, 0.25) is 0 Å². The smallest absolute Gasteiger partial charge is 0.264 e. The molecule has 166 valence electrons. The van der Waals surface area contributed by atoms with Gasteiger partial charge in [0.15, 0.2) is 0 Å². The number of para-hydroxylation sites is 2. The SMILES string of the molecule is O=C(NC(c1ccccc1)C1CC1)c1ccccc1NS(=O)(=O)c1cccc2cccnc12. The molecule has 6 nitrogen and oxygen atoms in total. The molecule has 1 saturated carbocycles. The molecule has 0 spiro atoms. The molecule has 1 aromatic heterocycles. The number of aromatic nitrogens is 1. The Morgan fingerprint density at radius 1 is 0.879 bits per heavy atom. The van der Waals surface area contributed by atoms with Crippen LogP contribution in [0.15, 0.2) is 96.0 Å². The van der Waals surface area contributed by atoms with E-state index in [9.17, 15) is 13.2 Å². The summed E-state index contributed by atoms with van der Waals surface area (Å²) in [5.74, 6) is 0.0760. The number of carbonyl (C=O) groups excluding carboxylic acids is 1. The van der Waals surface area contributed by atoms with Gasteiger partial charge in [0.1, 0.15) is 4.90 Å². The molecule has 1 unspecified atom stereocenters. The van der Waals surface area contributed by atoms with E-state index in [1.807, 2.05) is 42.5 Å². The Labute approximate surface area is 192 Å². The van der Waals surface area contributed by atoms with Gasteiger partial charge in [0.05, 0.1) is 22.8 Å². The van der Waals surface area contributed by atoms with Crippen molar-refractivity contribution in [3.05, 3.63) is 102 Å². The quantitative estimate of drug-likeness (QED) is 0.412. The van der Waals surface area contributed by atoms with Gasteiger partial charge in [-0.2, -0.15) is 0 Å². The average molecular weight is 458 g/mol. The summed E-state index contributed by atoms with van der Waals surface area (Å²) in [6.45, 7) is 0. The standard InChI is InChI=1S/C26H23N3O3S/c30-26(28-24(20-15-16-20)18-8-2-1-3-9-18)21-12-4-5-13-22(21)29-33(31,32)23-14-6-10-19-11-7-17-27-25(19)23/h1-14,17,20,24,29H,15-16H2,(H,28,30). The molecule has 7 heteroatoms. The number of sulfonamides is 1. The van der Waals surface area contributed by atoms with E-state index >= 15 is 0 Å². The van der Waals surface area contributed by atoms with E-state index in [4.69, 9.17) is 0 Å². The Balaban J connectivity index is 1.45. The molecule has 1 aliphatic rings. The highest BCUT2D eigenvalue weighted by Crippen LogP contribution is 2.41. The lowest BCUT2D eigenvalue weighted by Crippen LogP contribution is -2.30. The summed E-state index contributed by atoms with van der Waals surface area (Å²) < 4.78 is 29.1. The Hall–Kier alpha value is -3.71. The van der Waals surface area contributed by atoms with Crippen LogP contribution in [0, 0.1) is 5.92 Å². The summed E-state index contributed by atoms with van der Waals surface area (Å²) in [7, 11) is -3.97. The van der Waals surface area contributed by atoms with E-state index in [1.165, 1.54) is 6.07 Å². The van der Waals surface area contributed by atoms with Crippen molar-refractivity contribution in [3.63, 3.8) is 0 Å². The minimum absolute atomic E-state index is 0.0657. The van der Waals surface area contributed by atoms with E-state index in [0.29, 0.717) is 11.4 Å². The van der Waals surface area contributed by atoms with Crippen molar-refractivity contribution in [1.29, 1.82) is 0 Å². The summed E-state index contributed by atoms with van der Waals surface area (Å²) >= 11 is 0. The van der Waals surface area contributed by atoms with E-state index in [0.717, 1.165) is 23.8 Å². The topological polar surface area (TPSA) is 88.2 Å². The Bertz CT molecular complexity index is 1410. The Kier molecular flexibility index (Phi) is 5.56. The average Bonchev–Trinajstić information content (AvgIpc) is 3.68. The van der Waals surface area contributed by atoms with Gasteiger partial charge in [0.25, 0.3) is 15.9 Å². The number of nitrogens with one attached hydrogen (secondary N) is 2. The van der Waals surface area contributed by atoms with Gasteiger partial charge >= 0.3 is 0 Å². The lowest BCUT2D eigenvalue weighted by Gasteiger charge is -2.20. The van der Waals surface area contributed by atoms with Gasteiger partial charge in [0.2, 0.25) is 0 Å². The number of nitrogens with zero attached hydrogens (tertiary/aromatic N) is 1. The number of hydrogen-bond acceptors (Lipinski definition) is 4. The van der Waals surface area contributed by atoms with Crippen molar-refractivity contribution in [2.45, 2.75) is 23.8 Å². The molecule has 2 N–H and O–H groups in total. The lowest BCUT2D eigenvalue weighted by molar-refractivity contribution is 0.0932. The predicted molar refractivity (Wildman–Crippen MR) is 128 cm³/mol. The van der Waals surface area contributed by atoms with Crippen LogP contribution in [0.5, 0.6) is 0 Å². The van der Waals surface area contributed by atoms with E-state index in [-0.39, 0.29) is 28.1 Å². The van der Waals surface area contributed by atoms with Crippen molar-refractivity contribution >= 4 is 32.5 Å². The summed E-state index contributed by atoms with van der Waals surface area (Å²) in [6.07, 6.45) is 3.68. The van der Waals surface area contributed by atoms with E-state index in [2.05, 4.69) is 15.0 Å². The highest BCUT2D eigenvalue weighted by Gasteiger charge is 2.34. The summed E-state index contributed by atoms with van der Waals surface area (Å²) in [4.78, 5) is 17.6. The second-order valence-corrected chi connectivity index (χ2v) is 9.83. The minimum atomic E-state index is -3.97. The zero-order chi connectivity index (χ0) is 22.8. The molecular formula is C26H23N3O3S. The van der Waals surface area contributed by atoms with Crippen molar-refractivity contribution in [2.24, 2.45) is 5.92 Å². The van der Waals surface area contributed by atoms with Gasteiger partial charge in [-0.15, -0.1) is 0 Å². The molecule has 1 amide bonds. The molecule has 1 fully saturated rings. The molecule has 5 rings (SSSR count). The third kappa shape index (κ3) is 4.45. The zero-order valence-corrected chi connectivity index (χ0v) is 18.6. The second-order valence-electron chi connectivity index (χ2n) is 8.18. The molecule has 33 heavy (non-hydrogen) atoms. The number of anilines is 1. The van der Waals surface area contributed by atoms with Gasteiger partial charge < -0.3 is 5.32 Å². The van der Waals surface area contributed by atoms with Crippen LogP contribution in [0.25, 0.3) is 10.9 Å². The van der Waals surface area contributed by atoms with Gasteiger partial charge in [-0.25, -0.2) is 8.42 Å². The summed E-state index contributed by atoms with van der Waals surface area (Å²) in [5, 5.41) is 3.84. The molecule has 0 saturated heterocycles. The second kappa shape index (κ2) is 8.67. The first-order valence-electron chi connectivity index (χ1n) is 10.8. The highest BCUT2D eigenvalue weighted by molar-refractivity contribution is 7.93. The highest BCUT2D eigenvalue weighted by atomic mass is 32.2. The number of carbonyl (C=O) groups is 1. The third-order valence-electron chi connectivity index (χ3n) is 5.84. The molecule has 3 aromatic carbocycles. The van der Waals surface area contributed by atoms with Crippen LogP contribution < -0.4 is 10.0 Å². The molecule has 0 radical (unpaired) electrons. The van der Waals surface area contributed by atoms with Crippen molar-refractivity contribution in [1.82, 2.24) is 10.3 Å². The van der Waals surface area contributed by atoms with Crippen LogP contribution in [-0.2, 0) is 10.0 Å². The minimum Gasteiger partial charge on any atom is -0.345 e. The number of hydrogen-bond donors (Lipinski definition) is 2. The monoisotopic (exact) mass is 457 g/mol. The fourth-order valence-corrected chi connectivity index (χ4v) is 5.31. The maximum atomic E-state index is 13.3. The number of rotatable bonds is 7. The molecule has 0 bridgehead atoms. The zero-order valence-electron chi connectivity index (χ0n) is 17.8. The van der Waals surface area contributed by atoms with Gasteiger partial charge in [-0.3, -0.25) is 14.5 Å². The number of benzene rings is 3. The Morgan fingerprint density at radius 3 is 2.39 bits per heavy atom. The van der Waals surface area contributed by atoms with Gasteiger partial charge in [-0.05, 0) is 48.6 Å². The molecule has 4 aromatic rings. The van der Waals surface area contributed by atoms with Crippen LogP contribution in [0.3, 0.4) is 0 Å². The normalized spacial score (nSPS) is 14.5. The molecule has 1 aliphatic carbocycles. The molecule has 1 heterocycles. The molecule has 1 atom stereocenters. The third-order valence-corrected chi connectivity index (χ3v) is 7.24. The first-order valence-corrected chi connectivity index (χ1v) is 12.3. The van der Waals surface area contributed by atoms with Crippen molar-refractivity contribution < 1.29 is 13.2 Å². The van der Waals surface area contributed by atoms with Gasteiger partial charge in [0, 0.05) is 11.6 Å². The van der Waals surface area contributed by atoms with Crippen LogP contribution in [-0.4, -0.2) is 19.3 Å². The predicted octanol–water partition coefficient (Wildman–Crippen LogP) is 4.92. The number of pyridine rings is 1. The first kappa shape index (κ1) is 21.2. The number of amides is 1. The molecular weight excluding hydrogens is 434 g/mol. The van der Waals surface area contributed by atoms with Crippen molar-refractivity contribution in [3.8, 4) is 0 Å². The van der Waals surface area contributed by atoms with Crippen LogP contribution >= 0.6 is 0 Å². The van der Waals surface area contributed by atoms with E-state index in [1.54, 1.807) is 42.6 Å². The van der Waals surface area contributed by atoms with E-state index < -0.39 is 10.0 Å². The number of fused-ring (bicyclic) bond motifs is 1. The first-order chi connectivity index (χ1) is 16.0. The Morgan fingerprint density at radius 2 is 1.61 bits per heavy atom. The largest absolute Gasteiger partial charge is 0.345 e. The fraction of sp³-hybridized carbons (Fsp3) is 0.154. The fourth-order valence-electron chi connectivity index (χ4n) is 4.05. The van der Waals surface area contributed by atoms with Gasteiger partial charge in [-0.1, -0.05) is 60.7 Å². The maximum Gasteiger partial charge on any atom is 0.264 e. The van der Waals surface area contributed by atoms with Crippen LogP contribution in [0.4, 0.5) is 5.69 Å². The van der Waals surface area contributed by atoms with Crippen molar-refractivity contribution in [2.75, 3.05) is 4.72 Å². The summed E-state index contributed by atoms with van der Waals surface area (Å²) in [6, 6.07) is 25.0. The lowest BCUT2D eigenvalue weighted by atomic mass is 10.0. The van der Waals surface area contributed by atoms with Crippen LogP contribution in [0.1, 0.15) is 34.8 Å².